The molecule has 0 atom stereocenters. The zero-order valence-electron chi connectivity index (χ0n) is 17.6. The quantitative estimate of drug-likeness (QED) is 0.432. The molecule has 1 aliphatic rings. The summed E-state index contributed by atoms with van der Waals surface area (Å²) in [6.07, 6.45) is 0.758. The van der Waals surface area contributed by atoms with E-state index >= 15 is 0 Å². The van der Waals surface area contributed by atoms with Gasteiger partial charge in [-0.2, -0.15) is 0 Å². The first kappa shape index (κ1) is 19.1. The van der Waals surface area contributed by atoms with Gasteiger partial charge in [-0.3, -0.25) is 0 Å². The Morgan fingerprint density at radius 1 is 0.935 bits per heavy atom. The summed E-state index contributed by atoms with van der Waals surface area (Å²) in [5.41, 5.74) is 14.5. The van der Waals surface area contributed by atoms with Crippen LogP contribution in [0.4, 0.5) is 5.95 Å². The van der Waals surface area contributed by atoms with Crippen molar-refractivity contribution in [3.8, 4) is 34.0 Å². The molecule has 3 aromatic carbocycles. The molecule has 5 rings (SSSR count). The maximum atomic E-state index is 6.23. The minimum atomic E-state index is 0.271. The number of aromatic nitrogens is 2. The number of benzene rings is 3. The summed E-state index contributed by atoms with van der Waals surface area (Å²) in [4.78, 5) is 9.20. The predicted molar refractivity (Wildman–Crippen MR) is 122 cm³/mol. The molecule has 1 aliphatic carbocycles. The summed E-state index contributed by atoms with van der Waals surface area (Å²) in [7, 11) is 1.66. The second kappa shape index (κ2) is 7.76. The standard InChI is InChI=1S/C26H23N3O2/c1-16-5-3-7-19(13-16)24-21-14-18-6-4-8-22(23(18)25(21)29-26(27)28-24)31-15-17-9-11-20(30-2)12-10-17/h3-13H,14-15H2,1-2H3,(H2,27,28,29). The van der Waals surface area contributed by atoms with Gasteiger partial charge in [0.2, 0.25) is 5.95 Å². The summed E-state index contributed by atoms with van der Waals surface area (Å²) in [5.74, 6) is 1.91. The van der Waals surface area contributed by atoms with Gasteiger partial charge in [-0.05, 0) is 42.3 Å². The fraction of sp³-hybridized carbons (Fsp3) is 0.154. The van der Waals surface area contributed by atoms with Crippen LogP contribution in [0.25, 0.3) is 22.5 Å². The van der Waals surface area contributed by atoms with Crippen LogP contribution in [0.5, 0.6) is 11.5 Å². The molecule has 0 radical (unpaired) electrons. The van der Waals surface area contributed by atoms with E-state index in [1.807, 2.05) is 42.5 Å². The summed E-state index contributed by atoms with van der Waals surface area (Å²) in [5, 5.41) is 0. The molecule has 0 spiro atoms. The molecule has 0 saturated carbocycles. The molecule has 5 heteroatoms. The lowest BCUT2D eigenvalue weighted by Crippen LogP contribution is -2.02. The SMILES string of the molecule is COc1ccc(COc2cccc3c2-c2nc(N)nc(-c4cccc(C)c4)c2C3)cc1. The van der Waals surface area contributed by atoms with Crippen molar-refractivity contribution in [1.82, 2.24) is 9.97 Å². The van der Waals surface area contributed by atoms with Gasteiger partial charge in [-0.15, -0.1) is 0 Å². The fourth-order valence-electron chi connectivity index (χ4n) is 4.09. The highest BCUT2D eigenvalue weighted by atomic mass is 16.5. The van der Waals surface area contributed by atoms with Crippen molar-refractivity contribution in [3.63, 3.8) is 0 Å². The van der Waals surface area contributed by atoms with Crippen LogP contribution < -0.4 is 15.2 Å². The van der Waals surface area contributed by atoms with Crippen molar-refractivity contribution >= 4 is 5.95 Å². The molecule has 154 valence electrons. The Balaban J connectivity index is 1.53. The van der Waals surface area contributed by atoms with E-state index in [1.165, 1.54) is 11.1 Å². The van der Waals surface area contributed by atoms with Gasteiger partial charge in [0.1, 0.15) is 18.1 Å². The minimum Gasteiger partial charge on any atom is -0.497 e. The average molecular weight is 409 g/mol. The molecule has 0 unspecified atom stereocenters. The van der Waals surface area contributed by atoms with Crippen LogP contribution in [-0.2, 0) is 13.0 Å². The maximum absolute atomic E-state index is 6.23. The van der Waals surface area contributed by atoms with Gasteiger partial charge < -0.3 is 15.2 Å². The summed E-state index contributed by atoms with van der Waals surface area (Å²) in [6, 6.07) is 22.3. The molecule has 0 aliphatic heterocycles. The Morgan fingerprint density at radius 2 is 1.71 bits per heavy atom. The third-order valence-electron chi connectivity index (χ3n) is 5.59. The first-order valence-corrected chi connectivity index (χ1v) is 10.2. The van der Waals surface area contributed by atoms with Gasteiger partial charge in [-0.25, -0.2) is 9.97 Å². The first-order chi connectivity index (χ1) is 15.1. The highest BCUT2D eigenvalue weighted by Gasteiger charge is 2.28. The van der Waals surface area contributed by atoms with Crippen LogP contribution in [0.3, 0.4) is 0 Å². The van der Waals surface area contributed by atoms with E-state index in [4.69, 9.17) is 15.2 Å². The van der Waals surface area contributed by atoms with Gasteiger partial charge in [0, 0.05) is 23.1 Å². The lowest BCUT2D eigenvalue weighted by Gasteiger charge is -2.13. The minimum absolute atomic E-state index is 0.271. The maximum Gasteiger partial charge on any atom is 0.221 e. The summed E-state index contributed by atoms with van der Waals surface area (Å²) in [6.45, 7) is 2.54. The second-order valence-electron chi connectivity index (χ2n) is 7.73. The van der Waals surface area contributed by atoms with Crippen LogP contribution >= 0.6 is 0 Å². The largest absolute Gasteiger partial charge is 0.497 e. The highest BCUT2D eigenvalue weighted by Crippen LogP contribution is 2.45. The van der Waals surface area contributed by atoms with Gasteiger partial charge in [0.05, 0.1) is 18.5 Å². The molecule has 1 heterocycles. The molecular weight excluding hydrogens is 386 g/mol. The molecule has 0 amide bonds. The number of nitrogen functional groups attached to an aromatic ring is 1. The smallest absolute Gasteiger partial charge is 0.221 e. The fourth-order valence-corrected chi connectivity index (χ4v) is 4.09. The number of anilines is 1. The van der Waals surface area contributed by atoms with Crippen molar-refractivity contribution in [2.45, 2.75) is 20.0 Å². The second-order valence-corrected chi connectivity index (χ2v) is 7.73. The molecule has 2 N–H and O–H groups in total. The Bertz CT molecular complexity index is 1270. The number of nitrogens with two attached hydrogens (primary N) is 1. The van der Waals surface area contributed by atoms with Crippen LogP contribution in [0.2, 0.25) is 0 Å². The zero-order valence-corrected chi connectivity index (χ0v) is 17.6. The Labute approximate surface area is 181 Å². The van der Waals surface area contributed by atoms with Crippen molar-refractivity contribution in [1.29, 1.82) is 0 Å². The monoisotopic (exact) mass is 409 g/mol. The Kier molecular flexibility index (Phi) is 4.79. The van der Waals surface area contributed by atoms with Gasteiger partial charge in [0.25, 0.3) is 0 Å². The van der Waals surface area contributed by atoms with Crippen LogP contribution in [0.15, 0.2) is 66.7 Å². The molecule has 0 bridgehead atoms. The van der Waals surface area contributed by atoms with Crippen LogP contribution in [0, 0.1) is 6.92 Å². The molecule has 0 saturated heterocycles. The molecular formula is C26H23N3O2. The van der Waals surface area contributed by atoms with Crippen molar-refractivity contribution < 1.29 is 9.47 Å². The number of hydrogen-bond donors (Lipinski definition) is 1. The van der Waals surface area contributed by atoms with Crippen molar-refractivity contribution in [2.75, 3.05) is 12.8 Å². The number of methoxy groups -OCH3 is 1. The summed E-state index contributed by atoms with van der Waals surface area (Å²) < 4.78 is 11.5. The third-order valence-corrected chi connectivity index (χ3v) is 5.59. The predicted octanol–water partition coefficient (Wildman–Crippen LogP) is 5.19. The molecule has 1 aromatic heterocycles. The highest BCUT2D eigenvalue weighted by molar-refractivity contribution is 5.85. The van der Waals surface area contributed by atoms with E-state index in [-0.39, 0.29) is 5.95 Å². The number of rotatable bonds is 5. The van der Waals surface area contributed by atoms with E-state index in [2.05, 4.69) is 41.2 Å². The van der Waals surface area contributed by atoms with E-state index < -0.39 is 0 Å². The molecule has 4 aromatic rings. The first-order valence-electron chi connectivity index (χ1n) is 10.2. The summed E-state index contributed by atoms with van der Waals surface area (Å²) >= 11 is 0. The van der Waals surface area contributed by atoms with E-state index in [9.17, 15) is 0 Å². The van der Waals surface area contributed by atoms with Crippen LogP contribution in [-0.4, -0.2) is 17.1 Å². The van der Waals surface area contributed by atoms with Gasteiger partial charge in [0.15, 0.2) is 0 Å². The number of nitrogens with zero attached hydrogens (tertiary/aromatic N) is 2. The molecule has 0 fully saturated rings. The molecule has 31 heavy (non-hydrogen) atoms. The van der Waals surface area contributed by atoms with Gasteiger partial charge in [-0.1, -0.05) is 48.0 Å². The molecule has 5 nitrogen and oxygen atoms in total. The zero-order chi connectivity index (χ0) is 21.4. The van der Waals surface area contributed by atoms with E-state index in [0.717, 1.165) is 51.6 Å². The number of fused-ring (bicyclic) bond motifs is 3. The lowest BCUT2D eigenvalue weighted by atomic mass is 10.0. The number of ether oxygens (including phenoxy) is 2. The van der Waals surface area contributed by atoms with Crippen molar-refractivity contribution in [3.05, 3.63) is 89.0 Å². The third kappa shape index (κ3) is 3.59. The average Bonchev–Trinajstić information content (AvgIpc) is 3.16. The van der Waals surface area contributed by atoms with E-state index in [0.29, 0.717) is 6.61 Å². The number of aryl methyl sites for hydroxylation is 1. The Morgan fingerprint density at radius 3 is 2.48 bits per heavy atom. The van der Waals surface area contributed by atoms with Crippen molar-refractivity contribution in [2.24, 2.45) is 0 Å². The topological polar surface area (TPSA) is 70.3 Å². The van der Waals surface area contributed by atoms with Gasteiger partial charge >= 0.3 is 0 Å². The normalized spacial score (nSPS) is 11.7. The van der Waals surface area contributed by atoms with Crippen LogP contribution in [0.1, 0.15) is 22.3 Å². The Hall–Kier alpha value is -3.86. The number of hydrogen-bond acceptors (Lipinski definition) is 5. The lowest BCUT2D eigenvalue weighted by molar-refractivity contribution is 0.307. The van der Waals surface area contributed by atoms with E-state index in [1.54, 1.807) is 7.11 Å².